The quantitative estimate of drug-likeness (QED) is 0.552. The SMILES string of the molecule is C=Nc1nc(C(=O)NC)ccc1N1CCC(N2CCC(c3cc4cccc(F)c4c(=O)[nH]3)C2)CC1. The molecule has 182 valence electrons. The summed E-state index contributed by atoms with van der Waals surface area (Å²) in [6, 6.07) is 10.8. The number of halogens is 1. The number of aliphatic imine (C=N–C) groups is 1. The molecule has 4 heterocycles. The summed E-state index contributed by atoms with van der Waals surface area (Å²) in [6.45, 7) is 7.21. The van der Waals surface area contributed by atoms with Crippen molar-refractivity contribution in [3.05, 3.63) is 64.0 Å². The van der Waals surface area contributed by atoms with Crippen molar-refractivity contribution in [2.24, 2.45) is 4.99 Å². The second-order valence-corrected chi connectivity index (χ2v) is 9.23. The molecule has 0 saturated carbocycles. The summed E-state index contributed by atoms with van der Waals surface area (Å²) in [5.41, 5.74) is 1.75. The van der Waals surface area contributed by atoms with Crippen molar-refractivity contribution in [2.45, 2.75) is 31.2 Å². The maximum atomic E-state index is 14.1. The summed E-state index contributed by atoms with van der Waals surface area (Å²) in [4.78, 5) is 40.5. The first-order valence-corrected chi connectivity index (χ1v) is 12.0. The van der Waals surface area contributed by atoms with Gasteiger partial charge in [0.1, 0.15) is 11.5 Å². The van der Waals surface area contributed by atoms with Crippen LogP contribution in [0, 0.1) is 5.82 Å². The topological polar surface area (TPSA) is 93.7 Å². The molecule has 1 amide bonds. The van der Waals surface area contributed by atoms with Gasteiger partial charge in [-0.1, -0.05) is 12.1 Å². The van der Waals surface area contributed by atoms with E-state index in [2.05, 4.69) is 36.8 Å². The van der Waals surface area contributed by atoms with Crippen molar-refractivity contribution in [1.29, 1.82) is 0 Å². The molecule has 9 heteroatoms. The molecule has 1 atom stereocenters. The van der Waals surface area contributed by atoms with Crippen LogP contribution in [0.5, 0.6) is 0 Å². The van der Waals surface area contributed by atoms with Crippen molar-refractivity contribution in [3.63, 3.8) is 0 Å². The fourth-order valence-corrected chi connectivity index (χ4v) is 5.42. The lowest BCUT2D eigenvalue weighted by Gasteiger charge is -2.38. The molecule has 2 fully saturated rings. The normalized spacial score (nSPS) is 19.3. The standard InChI is InChI=1S/C26H29FN6O2/c1-28-24-22(7-6-20(30-24)25(34)29-2)32-12-9-18(10-13-32)33-11-8-17(15-33)21-14-16-4-3-5-19(27)23(16)26(35)31-21/h3-7,14,17-18H,1,8-13,15H2,2H3,(H,29,34)(H,31,35). The minimum absolute atomic E-state index is 0.129. The Bertz CT molecular complexity index is 1330. The van der Waals surface area contributed by atoms with E-state index in [9.17, 15) is 14.0 Å². The number of benzene rings is 1. The van der Waals surface area contributed by atoms with Crippen LogP contribution in [0.2, 0.25) is 0 Å². The number of piperidine rings is 1. The number of rotatable bonds is 5. The number of hydrogen-bond acceptors (Lipinski definition) is 6. The molecule has 8 nitrogen and oxygen atoms in total. The average Bonchev–Trinajstić information content (AvgIpc) is 3.38. The van der Waals surface area contributed by atoms with Crippen molar-refractivity contribution in [1.82, 2.24) is 20.2 Å². The minimum atomic E-state index is -0.483. The predicted octanol–water partition coefficient (Wildman–Crippen LogP) is 3.21. The third kappa shape index (κ3) is 4.43. The van der Waals surface area contributed by atoms with Gasteiger partial charge in [-0.3, -0.25) is 14.5 Å². The fraction of sp³-hybridized carbons (Fsp3) is 0.385. The van der Waals surface area contributed by atoms with Crippen molar-refractivity contribution in [3.8, 4) is 0 Å². The van der Waals surface area contributed by atoms with Crippen LogP contribution >= 0.6 is 0 Å². The van der Waals surface area contributed by atoms with Gasteiger partial charge in [0.15, 0.2) is 5.82 Å². The molecule has 2 saturated heterocycles. The summed E-state index contributed by atoms with van der Waals surface area (Å²) in [5.74, 6) is -0.0288. The number of carbonyl (C=O) groups excluding carboxylic acids is 1. The number of amides is 1. The van der Waals surface area contributed by atoms with Gasteiger partial charge in [0.25, 0.3) is 11.5 Å². The zero-order valence-corrected chi connectivity index (χ0v) is 19.8. The maximum Gasteiger partial charge on any atom is 0.269 e. The van der Waals surface area contributed by atoms with Crippen molar-refractivity contribution >= 4 is 34.9 Å². The summed E-state index contributed by atoms with van der Waals surface area (Å²) < 4.78 is 14.1. The second kappa shape index (κ2) is 9.58. The molecular weight excluding hydrogens is 447 g/mol. The number of aromatic nitrogens is 2. The van der Waals surface area contributed by atoms with E-state index in [0.29, 0.717) is 22.9 Å². The van der Waals surface area contributed by atoms with E-state index < -0.39 is 5.82 Å². The Balaban J connectivity index is 1.24. The molecule has 1 aromatic carbocycles. The van der Waals surface area contributed by atoms with Gasteiger partial charge in [0.2, 0.25) is 0 Å². The predicted molar refractivity (Wildman–Crippen MR) is 136 cm³/mol. The number of nitrogens with one attached hydrogen (secondary N) is 2. The van der Waals surface area contributed by atoms with Crippen molar-refractivity contribution in [2.75, 3.05) is 38.1 Å². The summed E-state index contributed by atoms with van der Waals surface area (Å²) in [5, 5.41) is 3.36. The first kappa shape index (κ1) is 23.2. The maximum absolute atomic E-state index is 14.1. The molecule has 2 aliphatic heterocycles. The molecular formula is C26H29FN6O2. The Kier molecular flexibility index (Phi) is 6.34. The molecule has 2 aliphatic rings. The molecule has 0 bridgehead atoms. The Hall–Kier alpha value is -3.59. The van der Waals surface area contributed by atoms with Crippen molar-refractivity contribution < 1.29 is 9.18 Å². The molecule has 5 rings (SSSR count). The number of carbonyl (C=O) groups is 1. The van der Waals surface area contributed by atoms with Gasteiger partial charge in [0.05, 0.1) is 11.1 Å². The first-order chi connectivity index (χ1) is 17.0. The van der Waals surface area contributed by atoms with E-state index in [-0.39, 0.29) is 22.8 Å². The Morgan fingerprint density at radius 1 is 1.20 bits per heavy atom. The van der Waals surface area contributed by atoms with Crippen LogP contribution < -0.4 is 15.8 Å². The van der Waals surface area contributed by atoms with Crippen LogP contribution in [-0.2, 0) is 0 Å². The molecule has 35 heavy (non-hydrogen) atoms. The second-order valence-electron chi connectivity index (χ2n) is 9.23. The minimum Gasteiger partial charge on any atom is -0.368 e. The van der Waals surface area contributed by atoms with Crippen LogP contribution in [0.15, 0.2) is 46.2 Å². The molecule has 3 aromatic rings. The van der Waals surface area contributed by atoms with E-state index in [1.807, 2.05) is 12.1 Å². The smallest absolute Gasteiger partial charge is 0.269 e. The third-order valence-electron chi connectivity index (χ3n) is 7.29. The number of H-pyrrole nitrogens is 1. The monoisotopic (exact) mass is 476 g/mol. The highest BCUT2D eigenvalue weighted by molar-refractivity contribution is 5.93. The molecule has 1 unspecified atom stereocenters. The number of pyridine rings is 2. The third-order valence-corrected chi connectivity index (χ3v) is 7.29. The van der Waals surface area contributed by atoms with Crippen LogP contribution in [0.25, 0.3) is 10.8 Å². The van der Waals surface area contributed by atoms with Crippen LogP contribution in [0.4, 0.5) is 15.9 Å². The molecule has 0 aliphatic carbocycles. The van der Waals surface area contributed by atoms with Gasteiger partial charge in [-0.25, -0.2) is 14.4 Å². The van der Waals surface area contributed by atoms with E-state index in [1.165, 1.54) is 6.07 Å². The van der Waals surface area contributed by atoms with E-state index in [1.54, 1.807) is 25.2 Å². The number of aromatic amines is 1. The lowest BCUT2D eigenvalue weighted by molar-refractivity contribution is 0.0958. The highest BCUT2D eigenvalue weighted by atomic mass is 19.1. The molecule has 0 spiro atoms. The van der Waals surface area contributed by atoms with Crippen LogP contribution in [0.3, 0.4) is 0 Å². The number of anilines is 1. The highest BCUT2D eigenvalue weighted by Gasteiger charge is 2.32. The first-order valence-electron chi connectivity index (χ1n) is 12.0. The number of likely N-dealkylation sites (tertiary alicyclic amines) is 1. The molecule has 0 radical (unpaired) electrons. The Morgan fingerprint density at radius 3 is 2.74 bits per heavy atom. The van der Waals surface area contributed by atoms with E-state index in [0.717, 1.165) is 56.8 Å². The highest BCUT2D eigenvalue weighted by Crippen LogP contribution is 2.33. The Labute approximate surface area is 202 Å². The van der Waals surface area contributed by atoms with Gasteiger partial charge < -0.3 is 15.2 Å². The van der Waals surface area contributed by atoms with E-state index in [4.69, 9.17) is 0 Å². The molecule has 2 aromatic heterocycles. The fourth-order valence-electron chi connectivity index (χ4n) is 5.42. The Morgan fingerprint density at radius 2 is 2.00 bits per heavy atom. The van der Waals surface area contributed by atoms with Crippen LogP contribution in [0.1, 0.15) is 41.4 Å². The van der Waals surface area contributed by atoms with Gasteiger partial charge in [0, 0.05) is 44.3 Å². The lowest BCUT2D eigenvalue weighted by Crippen LogP contribution is -2.44. The summed E-state index contributed by atoms with van der Waals surface area (Å²) >= 11 is 0. The summed E-state index contributed by atoms with van der Waals surface area (Å²) in [7, 11) is 1.57. The largest absolute Gasteiger partial charge is 0.368 e. The average molecular weight is 477 g/mol. The van der Waals surface area contributed by atoms with Gasteiger partial charge in [-0.05, 0) is 62.2 Å². The van der Waals surface area contributed by atoms with Gasteiger partial charge >= 0.3 is 0 Å². The number of fused-ring (bicyclic) bond motifs is 1. The zero-order valence-electron chi connectivity index (χ0n) is 19.8. The van der Waals surface area contributed by atoms with Gasteiger partial charge in [-0.2, -0.15) is 0 Å². The number of nitrogens with zero attached hydrogens (tertiary/aromatic N) is 4. The van der Waals surface area contributed by atoms with Crippen LogP contribution in [-0.4, -0.2) is 66.8 Å². The van der Waals surface area contributed by atoms with E-state index >= 15 is 0 Å². The lowest BCUT2D eigenvalue weighted by atomic mass is 10.0. The van der Waals surface area contributed by atoms with Gasteiger partial charge in [-0.15, -0.1) is 0 Å². The summed E-state index contributed by atoms with van der Waals surface area (Å²) in [6.07, 6.45) is 2.96. The molecule has 2 N–H and O–H groups in total. The zero-order chi connectivity index (χ0) is 24.5. The number of hydrogen-bond donors (Lipinski definition) is 2.